The number of likely N-dealkylation sites (tertiary alicyclic amines) is 1. The van der Waals surface area contributed by atoms with Crippen molar-refractivity contribution in [1.29, 1.82) is 5.26 Å². The lowest BCUT2D eigenvalue weighted by Gasteiger charge is -2.15. The Hall–Kier alpha value is -0.620. The molecule has 0 unspecified atom stereocenters. The van der Waals surface area contributed by atoms with Crippen LogP contribution in [0.25, 0.3) is 0 Å². The summed E-state index contributed by atoms with van der Waals surface area (Å²) < 4.78 is 0. The molecule has 0 saturated carbocycles. The Balaban J connectivity index is 2.34. The predicted octanol–water partition coefficient (Wildman–Crippen LogP) is 1.32. The second kappa shape index (κ2) is 3.52. The quantitative estimate of drug-likeness (QED) is 0.533. The molecular weight excluding hydrogens is 144 g/mol. The number of nitrogens with zero attached hydrogens (tertiary/aromatic N) is 2. The summed E-state index contributed by atoms with van der Waals surface area (Å²) in [5.74, 6) is 0. The first kappa shape index (κ1) is 7.49. The van der Waals surface area contributed by atoms with Gasteiger partial charge in [0.2, 0.25) is 0 Å². The van der Waals surface area contributed by atoms with E-state index in [0.717, 1.165) is 18.1 Å². The largest absolute Gasteiger partial charge is 0.365 e. The monoisotopic (exact) mass is 154 g/mol. The van der Waals surface area contributed by atoms with Crippen molar-refractivity contribution in [3.05, 3.63) is 0 Å². The molecule has 0 aliphatic carbocycles. The maximum Gasteiger partial charge on any atom is 0.0921 e. The van der Waals surface area contributed by atoms with Gasteiger partial charge in [-0.2, -0.15) is 5.26 Å². The predicted molar refractivity (Wildman–Crippen MR) is 43.6 cm³/mol. The third-order valence-electron chi connectivity index (χ3n) is 1.69. The number of rotatable bonds is 1. The van der Waals surface area contributed by atoms with Gasteiger partial charge in [-0.15, -0.1) is 0 Å². The molecule has 0 aromatic heterocycles. The first-order valence-electron chi connectivity index (χ1n) is 3.49. The van der Waals surface area contributed by atoms with Gasteiger partial charge < -0.3 is 4.90 Å². The maximum absolute atomic E-state index is 8.33. The highest BCUT2D eigenvalue weighted by Gasteiger charge is 2.13. The Morgan fingerprint density at radius 2 is 2.10 bits per heavy atom. The molecule has 2 nitrogen and oxygen atoms in total. The van der Waals surface area contributed by atoms with Gasteiger partial charge >= 0.3 is 0 Å². The maximum atomic E-state index is 8.33. The standard InChI is InChI=1S/C7H10N2S/c8-4-3-7(10)9-5-1-2-6-9/h1-3,5-6H2. The molecular formula is C7H10N2S. The average Bonchev–Trinajstić information content (AvgIpc) is 2.38. The summed E-state index contributed by atoms with van der Waals surface area (Å²) in [5.41, 5.74) is 0. The van der Waals surface area contributed by atoms with Crippen molar-refractivity contribution in [2.24, 2.45) is 0 Å². The van der Waals surface area contributed by atoms with E-state index in [2.05, 4.69) is 11.0 Å². The summed E-state index contributed by atoms with van der Waals surface area (Å²) in [6.45, 7) is 2.11. The van der Waals surface area contributed by atoms with Gasteiger partial charge in [-0.3, -0.25) is 0 Å². The molecule has 0 spiro atoms. The van der Waals surface area contributed by atoms with Crippen LogP contribution >= 0.6 is 12.2 Å². The molecule has 0 N–H and O–H groups in total. The highest BCUT2D eigenvalue weighted by molar-refractivity contribution is 7.80. The number of hydrogen-bond acceptors (Lipinski definition) is 2. The van der Waals surface area contributed by atoms with Crippen molar-refractivity contribution < 1.29 is 0 Å². The summed E-state index contributed by atoms with van der Waals surface area (Å²) >= 11 is 5.02. The normalized spacial score (nSPS) is 16.9. The van der Waals surface area contributed by atoms with E-state index in [4.69, 9.17) is 17.5 Å². The Labute approximate surface area is 66.4 Å². The molecule has 1 saturated heterocycles. The molecule has 1 fully saturated rings. The summed E-state index contributed by atoms with van der Waals surface area (Å²) in [6, 6.07) is 2.06. The smallest absolute Gasteiger partial charge is 0.0921 e. The molecule has 0 aromatic rings. The fraction of sp³-hybridized carbons (Fsp3) is 0.714. The van der Waals surface area contributed by atoms with Crippen LogP contribution in [0.15, 0.2) is 0 Å². The Bertz CT molecular complexity index is 165. The number of hydrogen-bond donors (Lipinski definition) is 0. The Morgan fingerprint density at radius 3 is 2.60 bits per heavy atom. The van der Waals surface area contributed by atoms with Crippen LogP contribution < -0.4 is 0 Å². The third kappa shape index (κ3) is 1.68. The van der Waals surface area contributed by atoms with Crippen LogP contribution in [0.1, 0.15) is 19.3 Å². The molecule has 3 heteroatoms. The van der Waals surface area contributed by atoms with Crippen molar-refractivity contribution in [3.8, 4) is 6.07 Å². The van der Waals surface area contributed by atoms with E-state index in [1.165, 1.54) is 12.8 Å². The van der Waals surface area contributed by atoms with Crippen molar-refractivity contribution in [2.45, 2.75) is 19.3 Å². The van der Waals surface area contributed by atoms with E-state index in [-0.39, 0.29) is 0 Å². The second-order valence-electron chi connectivity index (χ2n) is 2.42. The second-order valence-corrected chi connectivity index (χ2v) is 2.89. The fourth-order valence-corrected chi connectivity index (χ4v) is 1.39. The van der Waals surface area contributed by atoms with Crippen LogP contribution in [-0.2, 0) is 0 Å². The van der Waals surface area contributed by atoms with Gasteiger partial charge in [0.15, 0.2) is 0 Å². The SMILES string of the molecule is N#CCC(=S)N1CCCC1. The first-order valence-corrected chi connectivity index (χ1v) is 3.90. The molecule has 1 heterocycles. The van der Waals surface area contributed by atoms with E-state index in [9.17, 15) is 0 Å². The van der Waals surface area contributed by atoms with Gasteiger partial charge in [0.25, 0.3) is 0 Å². The lowest BCUT2D eigenvalue weighted by atomic mass is 10.4. The van der Waals surface area contributed by atoms with Crippen LogP contribution in [0.2, 0.25) is 0 Å². The molecule has 0 amide bonds. The van der Waals surface area contributed by atoms with Crippen LogP contribution in [0.5, 0.6) is 0 Å². The van der Waals surface area contributed by atoms with Crippen LogP contribution in [-0.4, -0.2) is 23.0 Å². The van der Waals surface area contributed by atoms with Crippen molar-refractivity contribution in [3.63, 3.8) is 0 Å². The van der Waals surface area contributed by atoms with Crippen molar-refractivity contribution in [2.75, 3.05) is 13.1 Å². The first-order chi connectivity index (χ1) is 4.84. The Kier molecular flexibility index (Phi) is 2.64. The van der Waals surface area contributed by atoms with Crippen LogP contribution in [0.3, 0.4) is 0 Å². The number of nitriles is 1. The fourth-order valence-electron chi connectivity index (χ4n) is 1.15. The van der Waals surface area contributed by atoms with Crippen molar-refractivity contribution in [1.82, 2.24) is 4.90 Å². The number of thiocarbonyl (C=S) groups is 1. The zero-order chi connectivity index (χ0) is 7.40. The molecule has 1 aliphatic heterocycles. The molecule has 1 rings (SSSR count). The molecule has 1 aliphatic rings. The third-order valence-corrected chi connectivity index (χ3v) is 2.09. The van der Waals surface area contributed by atoms with Gasteiger partial charge in [-0.1, -0.05) is 12.2 Å². The zero-order valence-corrected chi connectivity index (χ0v) is 6.65. The van der Waals surface area contributed by atoms with Gasteiger partial charge in [0.1, 0.15) is 0 Å². The van der Waals surface area contributed by atoms with Gasteiger partial charge in [-0.25, -0.2) is 0 Å². The van der Waals surface area contributed by atoms with E-state index in [1.54, 1.807) is 0 Å². The lowest BCUT2D eigenvalue weighted by Crippen LogP contribution is -2.25. The highest BCUT2D eigenvalue weighted by atomic mass is 32.1. The van der Waals surface area contributed by atoms with Crippen LogP contribution in [0, 0.1) is 11.3 Å². The van der Waals surface area contributed by atoms with E-state index >= 15 is 0 Å². The molecule has 10 heavy (non-hydrogen) atoms. The van der Waals surface area contributed by atoms with Crippen molar-refractivity contribution >= 4 is 17.2 Å². The summed E-state index contributed by atoms with van der Waals surface area (Å²) in [7, 11) is 0. The zero-order valence-electron chi connectivity index (χ0n) is 5.84. The minimum Gasteiger partial charge on any atom is -0.365 e. The van der Waals surface area contributed by atoms with Gasteiger partial charge in [0.05, 0.1) is 17.5 Å². The van der Waals surface area contributed by atoms with Crippen LogP contribution in [0.4, 0.5) is 0 Å². The summed E-state index contributed by atoms with van der Waals surface area (Å²) in [4.78, 5) is 2.94. The summed E-state index contributed by atoms with van der Waals surface area (Å²) in [6.07, 6.45) is 2.87. The van der Waals surface area contributed by atoms with E-state index < -0.39 is 0 Å². The topological polar surface area (TPSA) is 27.0 Å². The molecule has 0 radical (unpaired) electrons. The molecule has 0 aromatic carbocycles. The molecule has 0 atom stereocenters. The Morgan fingerprint density at radius 1 is 1.50 bits per heavy atom. The minimum atomic E-state index is 0.412. The lowest BCUT2D eigenvalue weighted by molar-refractivity contribution is 0.523. The molecule has 54 valence electrons. The minimum absolute atomic E-state index is 0.412. The van der Waals surface area contributed by atoms with Gasteiger partial charge in [-0.05, 0) is 12.8 Å². The van der Waals surface area contributed by atoms with E-state index in [0.29, 0.717) is 6.42 Å². The van der Waals surface area contributed by atoms with Gasteiger partial charge in [0, 0.05) is 13.1 Å². The average molecular weight is 154 g/mol. The van der Waals surface area contributed by atoms with E-state index in [1.807, 2.05) is 0 Å². The summed E-state index contributed by atoms with van der Waals surface area (Å²) in [5, 5.41) is 8.33. The highest BCUT2D eigenvalue weighted by Crippen LogP contribution is 2.09. The molecule has 0 bridgehead atoms.